The monoisotopic (exact) mass is 638 g/mol. The van der Waals surface area contributed by atoms with Crippen molar-refractivity contribution < 1.29 is 38.4 Å². The van der Waals surface area contributed by atoms with Crippen LogP contribution in [0.3, 0.4) is 0 Å². The smallest absolute Gasteiger partial charge is 0.341 e. The van der Waals surface area contributed by atoms with Gasteiger partial charge in [0.1, 0.15) is 11.5 Å². The van der Waals surface area contributed by atoms with E-state index >= 15 is 0 Å². The van der Waals surface area contributed by atoms with E-state index in [1.54, 1.807) is 25.1 Å². The van der Waals surface area contributed by atoms with Gasteiger partial charge in [-0.05, 0) is 103 Å². The van der Waals surface area contributed by atoms with Crippen LogP contribution in [-0.2, 0) is 23.9 Å². The largest absolute Gasteiger partial charge is 0.462 e. The normalized spacial score (nSPS) is 15.7. The first-order valence-corrected chi connectivity index (χ1v) is 15.7. The molecular weight excluding hydrogens is 596 g/mol. The minimum Gasteiger partial charge on any atom is -0.462 e. The van der Waals surface area contributed by atoms with Crippen molar-refractivity contribution in [3.05, 3.63) is 109 Å². The summed E-state index contributed by atoms with van der Waals surface area (Å²) in [4.78, 5) is 36.3. The maximum atomic E-state index is 12.6. The summed E-state index contributed by atoms with van der Waals surface area (Å²) in [5, 5.41) is 9.08. The van der Waals surface area contributed by atoms with E-state index in [9.17, 15) is 14.4 Å². The van der Waals surface area contributed by atoms with Crippen LogP contribution in [0.5, 0.6) is 11.5 Å². The minimum atomic E-state index is -0.668. The quantitative estimate of drug-likeness (QED) is 0.111. The van der Waals surface area contributed by atoms with Crippen molar-refractivity contribution in [3.63, 3.8) is 0 Å². The van der Waals surface area contributed by atoms with E-state index in [1.807, 2.05) is 36.4 Å². The SMILES string of the molecule is C=C(C)C(=O)OCCC1CCC(c2cc(OC(=O)C(=C)COC)ccc2-c2ccc(-c3ccc(OC(=O)C(=C)CO)cc3)cc2)CC1. The summed E-state index contributed by atoms with van der Waals surface area (Å²) in [6.07, 6.45) is 4.74. The lowest BCUT2D eigenvalue weighted by Crippen LogP contribution is -2.17. The summed E-state index contributed by atoms with van der Waals surface area (Å²) < 4.78 is 21.3. The van der Waals surface area contributed by atoms with Crippen molar-refractivity contribution in [1.82, 2.24) is 0 Å². The second-order valence-corrected chi connectivity index (χ2v) is 11.9. The van der Waals surface area contributed by atoms with Crippen LogP contribution in [0.1, 0.15) is 50.5 Å². The number of esters is 3. The maximum Gasteiger partial charge on any atom is 0.341 e. The Balaban J connectivity index is 1.52. The molecule has 0 spiro atoms. The minimum absolute atomic E-state index is 0.0126. The van der Waals surface area contributed by atoms with Gasteiger partial charge in [-0.3, -0.25) is 0 Å². The molecule has 47 heavy (non-hydrogen) atoms. The molecule has 0 heterocycles. The molecule has 0 saturated heterocycles. The Morgan fingerprint density at radius 2 is 1.30 bits per heavy atom. The van der Waals surface area contributed by atoms with Crippen LogP contribution in [-0.4, -0.2) is 49.9 Å². The fourth-order valence-electron chi connectivity index (χ4n) is 5.62. The van der Waals surface area contributed by atoms with Crippen LogP contribution >= 0.6 is 0 Å². The molecule has 1 aliphatic rings. The van der Waals surface area contributed by atoms with Gasteiger partial charge in [-0.2, -0.15) is 0 Å². The van der Waals surface area contributed by atoms with Crippen LogP contribution < -0.4 is 9.47 Å². The number of carbonyl (C=O) groups excluding carboxylic acids is 3. The number of aliphatic hydroxyl groups excluding tert-OH is 1. The Morgan fingerprint density at radius 1 is 0.745 bits per heavy atom. The number of rotatable bonds is 14. The number of carbonyl (C=O) groups is 3. The second kappa shape index (κ2) is 16.7. The molecule has 1 saturated carbocycles. The lowest BCUT2D eigenvalue weighted by atomic mass is 9.76. The number of hydrogen-bond donors (Lipinski definition) is 1. The first kappa shape index (κ1) is 35.1. The standard InChI is InChI=1S/C39H42O8/c1-25(2)37(41)45-21-20-28-6-8-32(9-7-28)36-22-34(47-39(43)27(4)24-44-5)18-19-35(36)31-12-10-29(11-13-31)30-14-16-33(17-15-30)46-38(42)26(3)23-40/h10-19,22,28,32,40H,1,3-4,6-9,20-21,23-24H2,2,5H3. The molecule has 8 nitrogen and oxygen atoms in total. The number of methoxy groups -OCH3 is 1. The molecule has 246 valence electrons. The summed E-state index contributed by atoms with van der Waals surface area (Å²) >= 11 is 0. The van der Waals surface area contributed by atoms with Gasteiger partial charge in [0, 0.05) is 12.7 Å². The lowest BCUT2D eigenvalue weighted by Gasteiger charge is -2.30. The molecule has 1 aliphatic carbocycles. The molecule has 3 aromatic carbocycles. The van der Waals surface area contributed by atoms with E-state index in [0.717, 1.165) is 59.9 Å². The van der Waals surface area contributed by atoms with Crippen molar-refractivity contribution in [2.24, 2.45) is 5.92 Å². The van der Waals surface area contributed by atoms with Crippen LogP contribution in [0.4, 0.5) is 0 Å². The van der Waals surface area contributed by atoms with Crippen molar-refractivity contribution in [1.29, 1.82) is 0 Å². The summed E-state index contributed by atoms with van der Waals surface area (Å²) in [5.74, 6) is 0.00664. The number of hydrogen-bond acceptors (Lipinski definition) is 8. The molecule has 0 atom stereocenters. The molecule has 1 N–H and O–H groups in total. The summed E-state index contributed by atoms with van der Waals surface area (Å²) in [5.41, 5.74) is 5.78. The van der Waals surface area contributed by atoms with Crippen LogP contribution in [0, 0.1) is 5.92 Å². The Hall–Kier alpha value is -4.79. The highest BCUT2D eigenvalue weighted by atomic mass is 16.5. The Labute approximate surface area is 276 Å². The topological polar surface area (TPSA) is 108 Å². The zero-order chi connectivity index (χ0) is 33.9. The Kier molecular flexibility index (Phi) is 12.4. The van der Waals surface area contributed by atoms with Crippen LogP contribution in [0.25, 0.3) is 22.3 Å². The summed E-state index contributed by atoms with van der Waals surface area (Å²) in [6.45, 7) is 12.6. The van der Waals surface area contributed by atoms with E-state index in [2.05, 4.69) is 31.9 Å². The molecule has 0 aliphatic heterocycles. The van der Waals surface area contributed by atoms with Gasteiger partial charge < -0.3 is 24.1 Å². The molecule has 0 amide bonds. The van der Waals surface area contributed by atoms with Gasteiger partial charge in [0.25, 0.3) is 0 Å². The van der Waals surface area contributed by atoms with Gasteiger partial charge >= 0.3 is 17.9 Å². The Morgan fingerprint density at radius 3 is 1.89 bits per heavy atom. The van der Waals surface area contributed by atoms with Crippen molar-refractivity contribution in [2.75, 3.05) is 26.9 Å². The van der Waals surface area contributed by atoms with Crippen molar-refractivity contribution >= 4 is 17.9 Å². The average Bonchev–Trinajstić information content (AvgIpc) is 3.08. The summed E-state index contributed by atoms with van der Waals surface area (Å²) in [6, 6.07) is 21.1. The first-order valence-electron chi connectivity index (χ1n) is 15.7. The fourth-order valence-corrected chi connectivity index (χ4v) is 5.62. The van der Waals surface area contributed by atoms with Crippen molar-refractivity contribution in [2.45, 2.75) is 44.9 Å². The highest BCUT2D eigenvalue weighted by Crippen LogP contribution is 2.42. The summed E-state index contributed by atoms with van der Waals surface area (Å²) in [7, 11) is 1.50. The molecule has 0 unspecified atom stereocenters. The number of ether oxygens (including phenoxy) is 4. The average molecular weight is 639 g/mol. The predicted octanol–water partition coefficient (Wildman–Crippen LogP) is 7.37. The molecule has 0 bridgehead atoms. The number of aliphatic hydroxyl groups is 1. The van der Waals surface area contributed by atoms with Crippen LogP contribution in [0.15, 0.2) is 103 Å². The zero-order valence-electron chi connectivity index (χ0n) is 27.1. The van der Waals surface area contributed by atoms with E-state index in [1.165, 1.54) is 7.11 Å². The van der Waals surface area contributed by atoms with E-state index < -0.39 is 18.5 Å². The van der Waals surface area contributed by atoms with E-state index in [4.69, 9.17) is 24.1 Å². The molecule has 1 fully saturated rings. The van der Waals surface area contributed by atoms with Gasteiger partial charge in [-0.15, -0.1) is 0 Å². The van der Waals surface area contributed by atoms with Crippen molar-refractivity contribution in [3.8, 4) is 33.8 Å². The highest BCUT2D eigenvalue weighted by Gasteiger charge is 2.26. The highest BCUT2D eigenvalue weighted by molar-refractivity contribution is 5.90. The number of benzene rings is 3. The van der Waals surface area contributed by atoms with E-state index in [0.29, 0.717) is 29.6 Å². The van der Waals surface area contributed by atoms with Gasteiger partial charge in [0.15, 0.2) is 0 Å². The maximum absolute atomic E-state index is 12.6. The first-order chi connectivity index (χ1) is 22.6. The van der Waals surface area contributed by atoms with E-state index in [-0.39, 0.29) is 29.6 Å². The van der Waals surface area contributed by atoms with Crippen LogP contribution in [0.2, 0.25) is 0 Å². The molecule has 0 aromatic heterocycles. The van der Waals surface area contributed by atoms with Gasteiger partial charge in [-0.1, -0.05) is 62.2 Å². The Bertz CT molecular complexity index is 1610. The molecule has 8 heteroatoms. The third-order valence-electron chi connectivity index (χ3n) is 8.31. The predicted molar refractivity (Wildman–Crippen MR) is 181 cm³/mol. The van der Waals surface area contributed by atoms with Gasteiger partial charge in [-0.25, -0.2) is 14.4 Å². The fraction of sp³-hybridized carbons (Fsp3) is 0.308. The molecule has 4 rings (SSSR count). The molecular formula is C39H42O8. The second-order valence-electron chi connectivity index (χ2n) is 11.9. The molecule has 3 aromatic rings. The zero-order valence-corrected chi connectivity index (χ0v) is 27.1. The lowest BCUT2D eigenvalue weighted by molar-refractivity contribution is -0.139. The van der Waals surface area contributed by atoms with Gasteiger partial charge in [0.05, 0.1) is 31.0 Å². The third kappa shape index (κ3) is 9.61. The molecule has 0 radical (unpaired) electrons. The van der Waals surface area contributed by atoms with Gasteiger partial charge in [0.2, 0.25) is 0 Å². The third-order valence-corrected chi connectivity index (χ3v) is 8.31.